The molecule has 1 aromatic heterocycles. The highest BCUT2D eigenvalue weighted by molar-refractivity contribution is 7.17. The van der Waals surface area contributed by atoms with Gasteiger partial charge in [0.05, 0.1) is 4.88 Å². The van der Waals surface area contributed by atoms with E-state index in [1.165, 1.54) is 16.9 Å². The summed E-state index contributed by atoms with van der Waals surface area (Å²) in [5.74, 6) is 3.04. The van der Waals surface area contributed by atoms with E-state index in [2.05, 4.69) is 67.5 Å². The summed E-state index contributed by atoms with van der Waals surface area (Å²) in [6.45, 7) is 6.27. The van der Waals surface area contributed by atoms with Gasteiger partial charge in [0.1, 0.15) is 0 Å². The molecule has 1 unspecified atom stereocenters. The first-order chi connectivity index (χ1) is 13.5. The quantitative estimate of drug-likeness (QED) is 0.345. The number of rotatable bonds is 7. The Morgan fingerprint density at radius 3 is 2.46 bits per heavy atom. The number of terminal acetylenes is 1. The molecule has 3 aromatic rings. The molecule has 0 aliphatic rings. The summed E-state index contributed by atoms with van der Waals surface area (Å²) in [5.41, 5.74) is 4.51. The van der Waals surface area contributed by atoms with Crippen LogP contribution in [-0.2, 0) is 0 Å². The zero-order chi connectivity index (χ0) is 20.1. The Morgan fingerprint density at radius 1 is 1.04 bits per heavy atom. The van der Waals surface area contributed by atoms with Gasteiger partial charge in [0.25, 0.3) is 0 Å². The predicted octanol–water partition coefficient (Wildman–Crippen LogP) is 7.12. The van der Waals surface area contributed by atoms with Crippen molar-refractivity contribution in [1.29, 1.82) is 0 Å². The number of nitrogens with one attached hydrogen (secondary N) is 1. The lowest BCUT2D eigenvalue weighted by Gasteiger charge is -2.11. The number of benzene rings is 2. The molecule has 0 bridgehead atoms. The van der Waals surface area contributed by atoms with E-state index in [4.69, 9.17) is 6.42 Å². The first-order valence-corrected chi connectivity index (χ1v) is 10.3. The smallest absolute Gasteiger partial charge is 0.176 e. The maximum atomic E-state index is 12.5. The van der Waals surface area contributed by atoms with Crippen LogP contribution in [0.3, 0.4) is 0 Å². The maximum Gasteiger partial charge on any atom is 0.176 e. The number of carbonyl (C=O) groups is 1. The van der Waals surface area contributed by atoms with E-state index in [1.807, 2.05) is 25.1 Å². The summed E-state index contributed by atoms with van der Waals surface area (Å²) in [7, 11) is 0. The van der Waals surface area contributed by atoms with E-state index >= 15 is 0 Å². The van der Waals surface area contributed by atoms with Gasteiger partial charge in [0.2, 0.25) is 0 Å². The van der Waals surface area contributed by atoms with Crippen LogP contribution in [0.2, 0.25) is 0 Å². The van der Waals surface area contributed by atoms with Gasteiger partial charge in [-0.15, -0.1) is 23.7 Å². The first kappa shape index (κ1) is 19.9. The Labute approximate surface area is 171 Å². The third-order valence-corrected chi connectivity index (χ3v) is 5.86. The lowest BCUT2D eigenvalue weighted by molar-refractivity contribution is 0.0936. The molecule has 0 saturated heterocycles. The maximum absolute atomic E-state index is 12.5. The Bertz CT molecular complexity index is 1010. The van der Waals surface area contributed by atoms with Crippen molar-refractivity contribution in [3.8, 4) is 22.8 Å². The minimum atomic E-state index is -0.141. The van der Waals surface area contributed by atoms with Crippen LogP contribution in [0, 0.1) is 18.3 Å². The minimum Gasteiger partial charge on any atom is -0.356 e. The second-order valence-electron chi connectivity index (χ2n) is 7.32. The second kappa shape index (κ2) is 8.91. The summed E-state index contributed by atoms with van der Waals surface area (Å²) >= 11 is 1.52. The Balaban J connectivity index is 1.80. The van der Waals surface area contributed by atoms with Crippen molar-refractivity contribution in [2.75, 3.05) is 5.32 Å². The molecule has 142 valence electrons. The van der Waals surface area contributed by atoms with Crippen molar-refractivity contribution in [3.05, 3.63) is 71.1 Å². The molecule has 0 spiro atoms. The molecule has 2 aromatic carbocycles. The molecule has 3 rings (SSSR count). The zero-order valence-electron chi connectivity index (χ0n) is 16.5. The largest absolute Gasteiger partial charge is 0.356 e. The van der Waals surface area contributed by atoms with Crippen LogP contribution in [0.5, 0.6) is 0 Å². The topological polar surface area (TPSA) is 29.1 Å². The standard InChI is InChI=1S/C25H25NOS/c1-5-8-18(4)25(27)24-14-13-23(28-24)20-10-7-12-22(16-20)26-21-11-6-9-19(15-21)17(2)3/h1,6-7,9-18,26H,8H2,2-4H3. The molecule has 0 aliphatic heterocycles. The molecule has 28 heavy (non-hydrogen) atoms. The highest BCUT2D eigenvalue weighted by Crippen LogP contribution is 2.32. The first-order valence-electron chi connectivity index (χ1n) is 9.53. The molecule has 0 aliphatic carbocycles. The van der Waals surface area contributed by atoms with E-state index in [1.54, 1.807) is 0 Å². The van der Waals surface area contributed by atoms with E-state index in [0.717, 1.165) is 26.7 Å². The highest BCUT2D eigenvalue weighted by atomic mass is 32.1. The summed E-state index contributed by atoms with van der Waals surface area (Å²) in [5, 5.41) is 3.49. The number of ketones is 1. The molecule has 0 saturated carbocycles. The zero-order valence-corrected chi connectivity index (χ0v) is 17.3. The number of carbonyl (C=O) groups excluding carboxylic acids is 1. The van der Waals surface area contributed by atoms with Crippen molar-refractivity contribution in [2.45, 2.75) is 33.1 Å². The van der Waals surface area contributed by atoms with Gasteiger partial charge in [-0.3, -0.25) is 4.79 Å². The van der Waals surface area contributed by atoms with Gasteiger partial charge in [-0.2, -0.15) is 0 Å². The second-order valence-corrected chi connectivity index (χ2v) is 8.41. The van der Waals surface area contributed by atoms with Crippen LogP contribution in [0.4, 0.5) is 11.4 Å². The number of anilines is 2. The minimum absolute atomic E-state index is 0.119. The van der Waals surface area contributed by atoms with E-state index < -0.39 is 0 Å². The summed E-state index contributed by atoms with van der Waals surface area (Å²) in [6.07, 6.45) is 5.81. The molecular formula is C25H25NOS. The fourth-order valence-corrected chi connectivity index (χ4v) is 4.09. The van der Waals surface area contributed by atoms with E-state index in [0.29, 0.717) is 12.3 Å². The highest BCUT2D eigenvalue weighted by Gasteiger charge is 2.16. The molecule has 1 N–H and O–H groups in total. The Hall–Kier alpha value is -2.83. The van der Waals surface area contributed by atoms with E-state index in [9.17, 15) is 4.79 Å². The van der Waals surface area contributed by atoms with Gasteiger partial charge >= 0.3 is 0 Å². The third-order valence-electron chi connectivity index (χ3n) is 4.71. The Morgan fingerprint density at radius 2 is 1.75 bits per heavy atom. The lowest BCUT2D eigenvalue weighted by Crippen LogP contribution is -2.08. The molecule has 2 nitrogen and oxygen atoms in total. The lowest BCUT2D eigenvalue weighted by atomic mass is 10.0. The molecule has 0 radical (unpaired) electrons. The number of Topliss-reactive ketones (excluding diaryl/α,β-unsaturated/α-hetero) is 1. The average molecular weight is 388 g/mol. The Kier molecular flexibility index (Phi) is 6.34. The van der Waals surface area contributed by atoms with Crippen molar-refractivity contribution in [3.63, 3.8) is 0 Å². The summed E-state index contributed by atoms with van der Waals surface area (Å²) in [4.78, 5) is 14.3. The average Bonchev–Trinajstić information content (AvgIpc) is 3.18. The fourth-order valence-electron chi connectivity index (χ4n) is 3.03. The van der Waals surface area contributed by atoms with Crippen LogP contribution in [0.25, 0.3) is 10.4 Å². The molecule has 0 amide bonds. The fraction of sp³-hybridized carbons (Fsp3) is 0.240. The van der Waals surface area contributed by atoms with Gasteiger partial charge in [-0.25, -0.2) is 0 Å². The van der Waals surface area contributed by atoms with Crippen molar-refractivity contribution in [2.24, 2.45) is 5.92 Å². The van der Waals surface area contributed by atoms with Gasteiger partial charge in [-0.1, -0.05) is 45.0 Å². The van der Waals surface area contributed by atoms with Crippen LogP contribution in [0.1, 0.15) is 48.3 Å². The van der Waals surface area contributed by atoms with Gasteiger partial charge in [0, 0.05) is 28.6 Å². The monoisotopic (exact) mass is 387 g/mol. The van der Waals surface area contributed by atoms with Gasteiger partial charge in [-0.05, 0) is 53.4 Å². The third kappa shape index (κ3) is 4.71. The SMILES string of the molecule is C#CCC(C)C(=O)c1ccc(-c2cccc(Nc3cccc(C(C)C)c3)c2)s1. The number of hydrogen-bond acceptors (Lipinski definition) is 3. The van der Waals surface area contributed by atoms with Crippen LogP contribution >= 0.6 is 11.3 Å². The number of hydrogen-bond donors (Lipinski definition) is 1. The van der Waals surface area contributed by atoms with E-state index in [-0.39, 0.29) is 11.7 Å². The van der Waals surface area contributed by atoms with Gasteiger partial charge < -0.3 is 5.32 Å². The number of thiophene rings is 1. The van der Waals surface area contributed by atoms with Crippen LogP contribution in [0.15, 0.2) is 60.7 Å². The molecular weight excluding hydrogens is 362 g/mol. The van der Waals surface area contributed by atoms with Crippen molar-refractivity contribution in [1.82, 2.24) is 0 Å². The van der Waals surface area contributed by atoms with Crippen molar-refractivity contribution >= 4 is 28.5 Å². The molecule has 0 fully saturated rings. The van der Waals surface area contributed by atoms with Crippen LogP contribution < -0.4 is 5.32 Å². The summed E-state index contributed by atoms with van der Waals surface area (Å²) in [6, 6.07) is 20.7. The molecule has 1 atom stereocenters. The predicted molar refractivity (Wildman–Crippen MR) is 121 cm³/mol. The summed E-state index contributed by atoms with van der Waals surface area (Å²) < 4.78 is 0. The van der Waals surface area contributed by atoms with Crippen LogP contribution in [-0.4, -0.2) is 5.78 Å². The van der Waals surface area contributed by atoms with Gasteiger partial charge in [0.15, 0.2) is 5.78 Å². The molecule has 3 heteroatoms. The van der Waals surface area contributed by atoms with Crippen molar-refractivity contribution < 1.29 is 4.79 Å². The normalized spacial score (nSPS) is 11.8. The molecule has 1 heterocycles.